The van der Waals surface area contributed by atoms with E-state index >= 15 is 0 Å². The van der Waals surface area contributed by atoms with Gasteiger partial charge in [-0.25, -0.2) is 0 Å². The average molecular weight is 445 g/mol. The first-order chi connectivity index (χ1) is 13.1. The molecule has 2 aliphatic rings. The number of likely N-dealkylation sites (N-methyl/N-ethyl adjacent to an activating group) is 1. The highest BCUT2D eigenvalue weighted by Gasteiger charge is 2.58. The van der Waals surface area contributed by atoms with Crippen LogP contribution in [0.15, 0.2) is 34.8 Å². The van der Waals surface area contributed by atoms with Gasteiger partial charge in [0.05, 0.1) is 23.5 Å². The fourth-order valence-corrected chi connectivity index (χ4v) is 4.87. The summed E-state index contributed by atoms with van der Waals surface area (Å²) >= 11 is 3.37. The molecule has 146 valence electrons. The first-order valence-corrected chi connectivity index (χ1v) is 9.71. The topological polar surface area (TPSA) is 64.8 Å². The van der Waals surface area contributed by atoms with Crippen molar-refractivity contribution in [1.82, 2.24) is 0 Å². The van der Waals surface area contributed by atoms with Gasteiger partial charge in [0.2, 0.25) is 5.72 Å². The third-order valence-electron chi connectivity index (χ3n) is 5.93. The van der Waals surface area contributed by atoms with Gasteiger partial charge in [-0.1, -0.05) is 17.7 Å². The van der Waals surface area contributed by atoms with Crippen molar-refractivity contribution in [3.63, 3.8) is 0 Å². The van der Waals surface area contributed by atoms with Crippen LogP contribution in [0.4, 0.5) is 11.4 Å². The molecule has 0 aliphatic carbocycles. The van der Waals surface area contributed by atoms with Gasteiger partial charge >= 0.3 is 0 Å². The number of methoxy groups -OCH3 is 1. The van der Waals surface area contributed by atoms with E-state index in [1.807, 2.05) is 19.2 Å². The zero-order valence-electron chi connectivity index (χ0n) is 16.4. The average Bonchev–Trinajstić information content (AvgIpc) is 2.80. The maximum Gasteiger partial charge on any atom is 0.288 e. The molecule has 0 fully saturated rings. The lowest BCUT2D eigenvalue weighted by molar-refractivity contribution is -0.385. The van der Waals surface area contributed by atoms with Gasteiger partial charge in [-0.3, -0.25) is 10.1 Å². The molecule has 1 unspecified atom stereocenters. The minimum Gasteiger partial charge on any atom is -0.493 e. The predicted octanol–water partition coefficient (Wildman–Crippen LogP) is 5.20. The second-order valence-corrected chi connectivity index (χ2v) is 8.54. The molecule has 0 saturated carbocycles. The maximum atomic E-state index is 11.4. The number of hydrogen-bond acceptors (Lipinski definition) is 5. The maximum absolute atomic E-state index is 11.4. The van der Waals surface area contributed by atoms with Gasteiger partial charge < -0.3 is 14.4 Å². The molecule has 0 saturated heterocycles. The van der Waals surface area contributed by atoms with E-state index < -0.39 is 10.6 Å². The minimum absolute atomic E-state index is 0.0576. The number of nitro benzene ring substituents is 1. The fraction of sp³-hybridized carbons (Fsp3) is 0.333. The van der Waals surface area contributed by atoms with Crippen molar-refractivity contribution in [2.24, 2.45) is 0 Å². The van der Waals surface area contributed by atoms with Crippen molar-refractivity contribution in [3.8, 4) is 11.5 Å². The number of ether oxygens (including phenoxy) is 2. The Labute approximate surface area is 172 Å². The molecule has 4 rings (SSSR count). The molecule has 28 heavy (non-hydrogen) atoms. The van der Waals surface area contributed by atoms with Crippen LogP contribution in [-0.2, 0) is 5.41 Å². The van der Waals surface area contributed by atoms with Crippen LogP contribution in [0.1, 0.15) is 30.5 Å². The monoisotopic (exact) mass is 444 g/mol. The quantitative estimate of drug-likeness (QED) is 0.470. The van der Waals surface area contributed by atoms with Crippen LogP contribution in [0.25, 0.3) is 6.08 Å². The molecule has 2 heterocycles. The zero-order chi connectivity index (χ0) is 20.4. The Morgan fingerprint density at radius 2 is 2.00 bits per heavy atom. The summed E-state index contributed by atoms with van der Waals surface area (Å²) in [6.07, 6.45) is 3.87. The molecular weight excluding hydrogens is 424 g/mol. The lowest BCUT2D eigenvalue weighted by atomic mass is 9.76. The van der Waals surface area contributed by atoms with Crippen molar-refractivity contribution < 1.29 is 14.4 Å². The summed E-state index contributed by atoms with van der Waals surface area (Å²) in [6.45, 7) is 6.38. The first kappa shape index (κ1) is 18.8. The number of nitro groups is 1. The summed E-state index contributed by atoms with van der Waals surface area (Å²) in [6, 6.07) is 7.79. The van der Waals surface area contributed by atoms with Crippen molar-refractivity contribution in [2.75, 3.05) is 19.1 Å². The van der Waals surface area contributed by atoms with Crippen LogP contribution >= 0.6 is 15.9 Å². The molecule has 2 aliphatic heterocycles. The molecule has 1 spiro atoms. The Morgan fingerprint density at radius 3 is 2.64 bits per heavy atom. The van der Waals surface area contributed by atoms with Crippen molar-refractivity contribution in [1.29, 1.82) is 0 Å². The van der Waals surface area contributed by atoms with Gasteiger partial charge in [0.25, 0.3) is 5.69 Å². The fourth-order valence-electron chi connectivity index (χ4n) is 4.30. The van der Waals surface area contributed by atoms with Gasteiger partial charge in [0.15, 0.2) is 11.5 Å². The van der Waals surface area contributed by atoms with Crippen LogP contribution in [0, 0.1) is 17.0 Å². The van der Waals surface area contributed by atoms with E-state index in [-0.39, 0.29) is 11.1 Å². The SMILES string of the molecule is COc1cc([N+](=O)[O-])c(Br)c2c1OC1(C=C2)N(C)c2ccc(C)cc2C1(C)C. The zero-order valence-corrected chi connectivity index (χ0v) is 18.0. The van der Waals surface area contributed by atoms with Gasteiger partial charge in [-0.15, -0.1) is 0 Å². The predicted molar refractivity (Wildman–Crippen MR) is 112 cm³/mol. The largest absolute Gasteiger partial charge is 0.493 e. The third-order valence-corrected chi connectivity index (χ3v) is 6.76. The molecule has 6 nitrogen and oxygen atoms in total. The Morgan fingerprint density at radius 1 is 1.29 bits per heavy atom. The number of halogens is 1. The van der Waals surface area contributed by atoms with Crippen molar-refractivity contribution in [2.45, 2.75) is 31.9 Å². The first-order valence-electron chi connectivity index (χ1n) is 8.92. The highest BCUT2D eigenvalue weighted by Crippen LogP contribution is 2.57. The van der Waals surface area contributed by atoms with Crippen molar-refractivity contribution in [3.05, 3.63) is 61.6 Å². The standard InChI is InChI=1S/C21H21BrN2O4/c1-12-6-7-15-14(10-12)20(2,3)21(23(15)4)9-8-13-18(22)16(24(25)26)11-17(27-5)19(13)28-21/h6-11H,1-5H3. The summed E-state index contributed by atoms with van der Waals surface area (Å²) < 4.78 is 12.5. The van der Waals surface area contributed by atoms with E-state index in [1.165, 1.54) is 24.3 Å². The Kier molecular flexibility index (Phi) is 4.01. The van der Waals surface area contributed by atoms with E-state index in [0.717, 1.165) is 5.69 Å². The molecule has 2 aromatic rings. The number of nitrogens with zero attached hydrogens (tertiary/aromatic N) is 2. The highest BCUT2D eigenvalue weighted by molar-refractivity contribution is 9.10. The van der Waals surface area contributed by atoms with E-state index in [2.05, 4.69) is 59.8 Å². The molecule has 2 aromatic carbocycles. The lowest BCUT2D eigenvalue weighted by Crippen LogP contribution is -2.58. The molecule has 1 atom stereocenters. The number of anilines is 1. The second kappa shape index (κ2) is 5.98. The number of fused-ring (bicyclic) bond motifs is 2. The van der Waals surface area contributed by atoms with E-state index in [0.29, 0.717) is 21.5 Å². The van der Waals surface area contributed by atoms with Crippen LogP contribution in [0.2, 0.25) is 0 Å². The summed E-state index contributed by atoms with van der Waals surface area (Å²) in [7, 11) is 3.49. The van der Waals surface area contributed by atoms with Crippen LogP contribution in [0.5, 0.6) is 11.5 Å². The Bertz CT molecular complexity index is 1050. The number of rotatable bonds is 2. The third kappa shape index (κ3) is 2.25. The van der Waals surface area contributed by atoms with E-state index in [4.69, 9.17) is 9.47 Å². The molecule has 0 amide bonds. The van der Waals surface area contributed by atoms with Crippen LogP contribution < -0.4 is 14.4 Å². The second-order valence-electron chi connectivity index (χ2n) is 7.75. The van der Waals surface area contributed by atoms with E-state index in [9.17, 15) is 10.1 Å². The molecule has 0 bridgehead atoms. The Balaban J connectivity index is 1.93. The highest BCUT2D eigenvalue weighted by atomic mass is 79.9. The number of aryl methyl sites for hydroxylation is 1. The molecule has 0 radical (unpaired) electrons. The summed E-state index contributed by atoms with van der Waals surface area (Å²) in [4.78, 5) is 13.1. The summed E-state index contributed by atoms with van der Waals surface area (Å²) in [5.74, 6) is 0.830. The Hall–Kier alpha value is -2.54. The van der Waals surface area contributed by atoms with Gasteiger partial charge in [0.1, 0.15) is 4.47 Å². The van der Waals surface area contributed by atoms with Gasteiger partial charge in [-0.05, 0) is 60.5 Å². The molecular formula is C21H21BrN2O4. The smallest absolute Gasteiger partial charge is 0.288 e. The van der Waals surface area contributed by atoms with E-state index in [1.54, 1.807) is 0 Å². The summed E-state index contributed by atoms with van der Waals surface area (Å²) in [5, 5.41) is 11.4. The molecule has 0 N–H and O–H groups in total. The molecule has 0 aromatic heterocycles. The number of benzene rings is 2. The minimum atomic E-state index is -0.779. The van der Waals surface area contributed by atoms with Crippen LogP contribution in [-0.4, -0.2) is 24.8 Å². The van der Waals surface area contributed by atoms with Crippen LogP contribution in [0.3, 0.4) is 0 Å². The molecule has 7 heteroatoms. The van der Waals surface area contributed by atoms with Gasteiger partial charge in [-0.2, -0.15) is 0 Å². The lowest BCUT2D eigenvalue weighted by Gasteiger charge is -2.46. The normalized spacial score (nSPS) is 21.3. The number of hydrogen-bond donors (Lipinski definition) is 0. The van der Waals surface area contributed by atoms with Crippen molar-refractivity contribution >= 4 is 33.4 Å². The summed E-state index contributed by atoms with van der Waals surface area (Å²) in [5.41, 5.74) is 2.89. The van der Waals surface area contributed by atoms with Gasteiger partial charge in [0, 0.05) is 18.3 Å².